The van der Waals surface area contributed by atoms with Crippen molar-refractivity contribution in [3.8, 4) is 0 Å². The lowest BCUT2D eigenvalue weighted by molar-refractivity contribution is 1.12. The van der Waals surface area contributed by atoms with E-state index in [0.29, 0.717) is 6.67 Å². The number of nitrogens with zero attached hydrogens (tertiary/aromatic N) is 3. The van der Waals surface area contributed by atoms with E-state index < -0.39 is 0 Å². The van der Waals surface area contributed by atoms with Gasteiger partial charge < -0.3 is 5.32 Å². The van der Waals surface area contributed by atoms with Crippen molar-refractivity contribution >= 4 is 35.4 Å². The van der Waals surface area contributed by atoms with Crippen LogP contribution < -0.4 is 5.32 Å². The average molecular weight is 409 g/mol. The Morgan fingerprint density at radius 2 is 1.76 bits per heavy atom. The Bertz CT molecular complexity index is 811. The van der Waals surface area contributed by atoms with Crippen molar-refractivity contribution in [1.82, 2.24) is 0 Å². The summed E-state index contributed by atoms with van der Waals surface area (Å²) in [5.74, 6) is 0.941. The fraction of sp³-hybridized carbons (Fsp3) is 0.292. The van der Waals surface area contributed by atoms with E-state index in [-0.39, 0.29) is 0 Å². The summed E-state index contributed by atoms with van der Waals surface area (Å²) in [5, 5.41) is 4.26. The molecule has 0 amide bonds. The van der Waals surface area contributed by atoms with Crippen LogP contribution in [0.25, 0.3) is 0 Å². The van der Waals surface area contributed by atoms with E-state index in [2.05, 4.69) is 76.4 Å². The summed E-state index contributed by atoms with van der Waals surface area (Å²) < 4.78 is 0. The number of anilines is 1. The van der Waals surface area contributed by atoms with Crippen LogP contribution in [0.3, 0.4) is 0 Å². The third-order valence-corrected chi connectivity index (χ3v) is 4.78. The molecule has 5 heteroatoms. The molecule has 0 radical (unpaired) electrons. The summed E-state index contributed by atoms with van der Waals surface area (Å²) in [4.78, 5) is 12.7. The summed E-state index contributed by atoms with van der Waals surface area (Å²) in [6, 6.07) is 18.8. The molecular formula is C24H32N4S. The fourth-order valence-electron chi connectivity index (χ4n) is 2.55. The predicted molar refractivity (Wildman–Crippen MR) is 133 cm³/mol. The highest BCUT2D eigenvalue weighted by molar-refractivity contribution is 8.14. The molecule has 0 unspecified atom stereocenters. The quantitative estimate of drug-likeness (QED) is 0.402. The van der Waals surface area contributed by atoms with Crippen LogP contribution >= 0.6 is 11.8 Å². The fourth-order valence-corrected chi connectivity index (χ4v) is 3.23. The highest BCUT2D eigenvalue weighted by Crippen LogP contribution is 2.19. The first kappa shape index (κ1) is 24.4. The molecular weight excluding hydrogens is 376 g/mol. The second kappa shape index (κ2) is 15.3. The summed E-state index contributed by atoms with van der Waals surface area (Å²) in [7, 11) is 1.76. The third kappa shape index (κ3) is 8.92. The molecule has 0 bridgehead atoms. The first-order valence-electron chi connectivity index (χ1n) is 9.91. The van der Waals surface area contributed by atoms with Gasteiger partial charge in [-0.2, -0.15) is 0 Å². The van der Waals surface area contributed by atoms with E-state index in [4.69, 9.17) is 0 Å². The molecule has 154 valence electrons. The van der Waals surface area contributed by atoms with Crippen molar-refractivity contribution in [3.05, 3.63) is 77.5 Å². The molecule has 0 fully saturated rings. The highest BCUT2D eigenvalue weighted by atomic mass is 32.2. The Morgan fingerprint density at radius 3 is 2.41 bits per heavy atom. The molecule has 0 aliphatic rings. The van der Waals surface area contributed by atoms with Crippen molar-refractivity contribution in [1.29, 1.82) is 0 Å². The predicted octanol–water partition coefficient (Wildman–Crippen LogP) is 6.11. The van der Waals surface area contributed by atoms with E-state index in [1.54, 1.807) is 25.0 Å². The zero-order chi connectivity index (χ0) is 21.3. The van der Waals surface area contributed by atoms with E-state index in [1.165, 1.54) is 11.1 Å². The SMILES string of the molecule is C=N/C(=C\C=N/CNc1ccccc1Cc1ccccc1)C(=NC)SCC.CC. The number of nitrogens with one attached hydrogen (secondary N) is 1. The van der Waals surface area contributed by atoms with E-state index in [9.17, 15) is 0 Å². The standard InChI is InChI=1S/C22H26N4S.C2H6/c1-4-27-22(24-3)21(23-2)14-15-25-17-26-20-13-9-8-12-19(20)16-18-10-6-5-7-11-18;1-2/h5-15,26H,2,4,16-17H2,1,3H3;1-2H3/b21-14-,24-22?,25-15-;. The molecule has 0 saturated heterocycles. The van der Waals surface area contributed by atoms with Gasteiger partial charge in [0, 0.05) is 18.9 Å². The van der Waals surface area contributed by atoms with Crippen LogP contribution in [0, 0.1) is 0 Å². The van der Waals surface area contributed by atoms with Crippen molar-refractivity contribution < 1.29 is 0 Å². The molecule has 0 saturated carbocycles. The lowest BCUT2D eigenvalue weighted by Crippen LogP contribution is -2.03. The molecule has 0 spiro atoms. The molecule has 0 aliphatic carbocycles. The summed E-state index contributed by atoms with van der Waals surface area (Å²) in [5.41, 5.74) is 4.39. The zero-order valence-corrected chi connectivity index (χ0v) is 18.7. The van der Waals surface area contributed by atoms with Crippen molar-refractivity contribution in [2.75, 3.05) is 24.8 Å². The van der Waals surface area contributed by atoms with Crippen LogP contribution in [-0.4, -0.2) is 37.4 Å². The molecule has 0 aliphatic heterocycles. The number of allylic oxidation sites excluding steroid dienone is 1. The highest BCUT2D eigenvalue weighted by Gasteiger charge is 2.03. The van der Waals surface area contributed by atoms with Crippen LogP contribution in [0.5, 0.6) is 0 Å². The number of para-hydroxylation sites is 1. The van der Waals surface area contributed by atoms with Crippen LogP contribution in [0.15, 0.2) is 81.3 Å². The van der Waals surface area contributed by atoms with Gasteiger partial charge >= 0.3 is 0 Å². The average Bonchev–Trinajstić information content (AvgIpc) is 2.78. The maximum atomic E-state index is 4.41. The monoisotopic (exact) mass is 408 g/mol. The van der Waals surface area contributed by atoms with E-state index in [0.717, 1.165) is 28.6 Å². The molecule has 2 rings (SSSR count). The second-order valence-corrected chi connectivity index (χ2v) is 6.91. The maximum Gasteiger partial charge on any atom is 0.116 e. The Hall–Kier alpha value is -2.66. The largest absolute Gasteiger partial charge is 0.366 e. The van der Waals surface area contributed by atoms with Gasteiger partial charge in [-0.1, -0.05) is 69.3 Å². The minimum Gasteiger partial charge on any atom is -0.366 e. The topological polar surface area (TPSA) is 49.1 Å². The molecule has 1 N–H and O–H groups in total. The van der Waals surface area contributed by atoms with Gasteiger partial charge in [0.1, 0.15) is 11.7 Å². The van der Waals surface area contributed by atoms with E-state index in [1.807, 2.05) is 32.1 Å². The maximum absolute atomic E-state index is 4.41. The first-order valence-corrected chi connectivity index (χ1v) is 10.9. The molecule has 0 atom stereocenters. The number of thioether (sulfide) groups is 1. The van der Waals surface area contributed by atoms with Gasteiger partial charge in [0.05, 0.1) is 5.70 Å². The van der Waals surface area contributed by atoms with Crippen LogP contribution in [-0.2, 0) is 6.42 Å². The molecule has 2 aromatic carbocycles. The lowest BCUT2D eigenvalue weighted by atomic mass is 10.0. The summed E-state index contributed by atoms with van der Waals surface area (Å²) >= 11 is 1.64. The van der Waals surface area contributed by atoms with Crippen LogP contribution in [0.4, 0.5) is 5.69 Å². The number of rotatable bonds is 9. The zero-order valence-electron chi connectivity index (χ0n) is 17.9. The smallest absolute Gasteiger partial charge is 0.116 e. The third-order valence-electron chi connectivity index (χ3n) is 3.83. The van der Waals surface area contributed by atoms with Crippen LogP contribution in [0.1, 0.15) is 31.9 Å². The van der Waals surface area contributed by atoms with Gasteiger partial charge in [0.25, 0.3) is 0 Å². The van der Waals surface area contributed by atoms with E-state index >= 15 is 0 Å². The number of aliphatic imine (C=N–C) groups is 3. The van der Waals surface area contributed by atoms with Gasteiger partial charge in [-0.15, -0.1) is 11.8 Å². The molecule has 4 nitrogen and oxygen atoms in total. The lowest BCUT2D eigenvalue weighted by Gasteiger charge is -2.10. The van der Waals surface area contributed by atoms with Gasteiger partial charge in [0.15, 0.2) is 0 Å². The molecule has 0 heterocycles. The van der Waals surface area contributed by atoms with Gasteiger partial charge in [-0.3, -0.25) is 15.0 Å². The molecule has 29 heavy (non-hydrogen) atoms. The number of hydrogen-bond donors (Lipinski definition) is 1. The van der Waals surface area contributed by atoms with Crippen molar-refractivity contribution in [2.24, 2.45) is 15.0 Å². The first-order chi connectivity index (χ1) is 14.3. The van der Waals surface area contributed by atoms with Crippen LogP contribution in [0.2, 0.25) is 0 Å². The Balaban J connectivity index is 0.00000204. The minimum atomic E-state index is 0.492. The Morgan fingerprint density at radius 1 is 1.07 bits per heavy atom. The van der Waals surface area contributed by atoms with Crippen molar-refractivity contribution in [3.63, 3.8) is 0 Å². The number of hydrogen-bond acceptors (Lipinski definition) is 5. The second-order valence-electron chi connectivity index (χ2n) is 5.66. The normalized spacial score (nSPS) is 11.7. The summed E-state index contributed by atoms with van der Waals surface area (Å²) in [6.45, 7) is 10.2. The van der Waals surface area contributed by atoms with Gasteiger partial charge in [-0.05, 0) is 42.2 Å². The van der Waals surface area contributed by atoms with Crippen molar-refractivity contribution in [2.45, 2.75) is 27.2 Å². The minimum absolute atomic E-state index is 0.492. The van der Waals surface area contributed by atoms with Gasteiger partial charge in [-0.25, -0.2) is 0 Å². The summed E-state index contributed by atoms with van der Waals surface area (Å²) in [6.07, 6.45) is 4.48. The Labute approximate surface area is 180 Å². The van der Waals surface area contributed by atoms with Gasteiger partial charge in [0.2, 0.25) is 0 Å². The number of benzene rings is 2. The molecule has 2 aromatic rings. The Kier molecular flexibility index (Phi) is 12.8. The molecule has 0 aromatic heterocycles.